The number of hydrazine groups is 1. The first-order valence-electron chi connectivity index (χ1n) is 15.2. The van der Waals surface area contributed by atoms with Gasteiger partial charge in [-0.25, -0.2) is 15.1 Å². The second-order valence-corrected chi connectivity index (χ2v) is 13.4. The number of piperidine rings is 1. The van der Waals surface area contributed by atoms with Gasteiger partial charge >= 0.3 is 7.12 Å². The van der Waals surface area contributed by atoms with Crippen LogP contribution in [-0.4, -0.2) is 72.7 Å². The summed E-state index contributed by atoms with van der Waals surface area (Å²) >= 11 is 0. The number of carbonyl (C=O) groups is 2. The van der Waals surface area contributed by atoms with Crippen LogP contribution in [0.15, 0.2) is 4.99 Å². The van der Waals surface area contributed by atoms with Gasteiger partial charge in [0.2, 0.25) is 11.8 Å². The number of guanidine groups is 1. The number of aliphatic imine (C=N–C) groups is 1. The van der Waals surface area contributed by atoms with Crippen molar-refractivity contribution in [3.63, 3.8) is 0 Å². The minimum Gasteiger partial charge on any atom is -0.404 e. The second-order valence-electron chi connectivity index (χ2n) is 13.4. The van der Waals surface area contributed by atoms with Crippen molar-refractivity contribution in [1.82, 2.24) is 21.4 Å². The average Bonchev–Trinajstić information content (AvgIpc) is 3.26. The van der Waals surface area contributed by atoms with Crippen molar-refractivity contribution in [3.8, 4) is 0 Å². The number of nitrogens with one attached hydrogen (secondary N) is 4. The molecule has 2 bridgehead atoms. The zero-order valence-corrected chi connectivity index (χ0v) is 25.1. The van der Waals surface area contributed by atoms with Crippen LogP contribution in [0.25, 0.3) is 0 Å². The van der Waals surface area contributed by atoms with E-state index in [2.05, 4.69) is 55.6 Å². The fourth-order valence-corrected chi connectivity index (χ4v) is 7.34. The predicted octanol–water partition coefficient (Wildman–Crippen LogP) is 1.29. The van der Waals surface area contributed by atoms with Gasteiger partial charge in [0, 0.05) is 6.54 Å². The van der Waals surface area contributed by atoms with Crippen LogP contribution < -0.4 is 27.1 Å². The average molecular weight is 578 g/mol. The lowest BCUT2D eigenvalue weighted by atomic mass is 9.43. The molecule has 0 spiro atoms. The summed E-state index contributed by atoms with van der Waals surface area (Å²) in [6, 6.07) is -1.16. The van der Waals surface area contributed by atoms with Crippen LogP contribution in [0.2, 0.25) is 0 Å². The molecule has 13 nitrogen and oxygen atoms in total. The third kappa shape index (κ3) is 7.14. The fourth-order valence-electron chi connectivity index (χ4n) is 7.34. The van der Waals surface area contributed by atoms with Gasteiger partial charge in [-0.2, -0.15) is 0 Å². The molecule has 3 aliphatic carbocycles. The molecule has 2 amide bonds. The van der Waals surface area contributed by atoms with Crippen LogP contribution in [0.4, 0.5) is 0 Å². The smallest absolute Gasteiger partial charge is 0.404 e. The molecule has 0 aromatic rings. The van der Waals surface area contributed by atoms with Crippen LogP contribution in [0.1, 0.15) is 86.0 Å². The quantitative estimate of drug-likeness (QED) is 0.0570. The predicted molar refractivity (Wildman–Crippen MR) is 155 cm³/mol. The zero-order chi connectivity index (χ0) is 29.9. The topological polar surface area (TPSA) is 182 Å². The summed E-state index contributed by atoms with van der Waals surface area (Å²) in [6.07, 6.45) is 6.12. The first-order valence-corrected chi connectivity index (χ1v) is 15.2. The number of nitrogens with zero attached hydrogens (tertiary/aromatic N) is 2. The Labute approximate surface area is 243 Å². The summed E-state index contributed by atoms with van der Waals surface area (Å²) in [7, 11) is -0.569. The highest BCUT2D eigenvalue weighted by atomic mass is 16.7. The van der Waals surface area contributed by atoms with Gasteiger partial charge in [-0.15, -0.1) is 0 Å². The van der Waals surface area contributed by atoms with E-state index < -0.39 is 23.8 Å². The Morgan fingerprint density at radius 2 is 1.98 bits per heavy atom. The molecular formula is C27H48BN7O6. The molecule has 5 rings (SSSR count). The van der Waals surface area contributed by atoms with Gasteiger partial charge in [-0.1, -0.05) is 39.5 Å². The van der Waals surface area contributed by atoms with Crippen LogP contribution in [0, 0.1) is 33.3 Å². The normalized spacial score (nSPS) is 32.0. The van der Waals surface area contributed by atoms with E-state index in [1.165, 1.54) is 0 Å². The molecule has 0 aromatic heterocycles. The van der Waals surface area contributed by atoms with Crippen molar-refractivity contribution < 1.29 is 23.9 Å². The van der Waals surface area contributed by atoms with E-state index in [1.54, 1.807) is 5.43 Å². The van der Waals surface area contributed by atoms with E-state index in [-0.39, 0.29) is 53.7 Å². The number of hydrogen-bond donors (Lipinski definition) is 5. The molecular weight excluding hydrogens is 529 g/mol. The summed E-state index contributed by atoms with van der Waals surface area (Å²) in [5, 5.41) is 19.1. The van der Waals surface area contributed by atoms with Gasteiger partial charge in [-0.3, -0.25) is 9.59 Å². The van der Waals surface area contributed by atoms with Crippen molar-refractivity contribution in [2.75, 3.05) is 13.1 Å². The molecule has 14 heteroatoms. The van der Waals surface area contributed by atoms with Gasteiger partial charge < -0.3 is 31.0 Å². The molecule has 2 saturated heterocycles. The number of amides is 2. The van der Waals surface area contributed by atoms with Crippen molar-refractivity contribution in [2.24, 2.45) is 33.9 Å². The van der Waals surface area contributed by atoms with Gasteiger partial charge in [0.1, 0.15) is 6.04 Å². The van der Waals surface area contributed by atoms with E-state index >= 15 is 0 Å². The standard InChI is InChI=1S/C27H48BN7O6/c1-16(2)13-22(28-40-21-15-17-14-20(26(17,3)4)27(21,5)41-28)33-24(37)19(10-8-12-31-25(29)34-35(38)39)32-23(36)18-9-6-7-11-30-18/h16-22,30H,6-15H2,1-5H3,(H,32,36)(H,33,37)(H3,29,31,34)/t17-,18+,19-,20-,21+,22-,27-/m0/s1. The van der Waals surface area contributed by atoms with Crippen LogP contribution in [0.3, 0.4) is 0 Å². The summed E-state index contributed by atoms with van der Waals surface area (Å²) in [5.74, 6) is 0.0989. The molecule has 5 fully saturated rings. The Hall–Kier alpha value is -2.45. The maximum absolute atomic E-state index is 13.7. The Morgan fingerprint density at radius 3 is 2.61 bits per heavy atom. The van der Waals surface area contributed by atoms with Crippen molar-refractivity contribution >= 4 is 24.9 Å². The molecule has 0 unspecified atom stereocenters. The van der Waals surface area contributed by atoms with Gasteiger partial charge in [0.25, 0.3) is 5.96 Å². The fraction of sp³-hybridized carbons (Fsp3) is 0.889. The number of carbonyl (C=O) groups excluding carboxylic acids is 2. The molecule has 0 radical (unpaired) electrons. The van der Waals surface area contributed by atoms with E-state index in [0.717, 1.165) is 32.2 Å². The Bertz CT molecular complexity index is 1010. The summed E-state index contributed by atoms with van der Waals surface area (Å²) in [4.78, 5) is 41.3. The van der Waals surface area contributed by atoms with Crippen molar-refractivity contribution in [1.29, 1.82) is 0 Å². The SMILES string of the molecule is CC(C)C[C@H](NC(=O)[C@H](CCCN=C(N)N[N+](=O)[O-])NC(=O)[C@H]1CCCCN1)B1O[C@@H]2C[C@@H]3C[C@@H](C3(C)C)[C@]2(C)O1. The molecule has 2 aliphatic heterocycles. The highest BCUT2D eigenvalue weighted by Crippen LogP contribution is 2.65. The number of rotatable bonds is 12. The van der Waals surface area contributed by atoms with Crippen molar-refractivity contribution in [2.45, 2.75) is 116 Å². The Morgan fingerprint density at radius 1 is 1.22 bits per heavy atom. The van der Waals surface area contributed by atoms with Gasteiger partial charge in [-0.05, 0) is 81.6 Å². The van der Waals surface area contributed by atoms with Crippen molar-refractivity contribution in [3.05, 3.63) is 10.1 Å². The molecule has 6 N–H and O–H groups in total. The summed E-state index contributed by atoms with van der Waals surface area (Å²) < 4.78 is 13.2. The largest absolute Gasteiger partial charge is 0.481 e. The lowest BCUT2D eigenvalue weighted by Gasteiger charge is -2.64. The highest BCUT2D eigenvalue weighted by molar-refractivity contribution is 6.48. The lowest BCUT2D eigenvalue weighted by Crippen LogP contribution is -2.65. The number of nitrogens with two attached hydrogens (primary N) is 1. The molecule has 0 aromatic carbocycles. The lowest BCUT2D eigenvalue weighted by molar-refractivity contribution is -0.525. The van der Waals surface area contributed by atoms with Crippen LogP contribution in [0.5, 0.6) is 0 Å². The second kappa shape index (κ2) is 12.8. The molecule has 41 heavy (non-hydrogen) atoms. The molecule has 3 saturated carbocycles. The monoisotopic (exact) mass is 577 g/mol. The number of hydrogen-bond acceptors (Lipinski definition) is 8. The molecule has 5 aliphatic rings. The first kappa shape index (κ1) is 31.5. The Kier molecular flexibility index (Phi) is 9.85. The Balaban J connectivity index is 1.43. The maximum Gasteiger partial charge on any atom is 0.481 e. The van der Waals surface area contributed by atoms with E-state index in [1.807, 2.05) is 0 Å². The maximum atomic E-state index is 13.7. The summed E-state index contributed by atoms with van der Waals surface area (Å²) in [6.45, 7) is 11.9. The van der Waals surface area contributed by atoms with Gasteiger partial charge in [0.05, 0.1) is 23.7 Å². The van der Waals surface area contributed by atoms with E-state index in [0.29, 0.717) is 37.5 Å². The van der Waals surface area contributed by atoms with Crippen LogP contribution in [-0.2, 0) is 18.9 Å². The summed E-state index contributed by atoms with van der Waals surface area (Å²) in [5.41, 5.74) is 7.14. The minimum absolute atomic E-state index is 0.000176. The third-order valence-corrected chi connectivity index (χ3v) is 9.75. The third-order valence-electron chi connectivity index (χ3n) is 9.75. The molecule has 7 atom stereocenters. The van der Waals surface area contributed by atoms with Gasteiger partial charge in [0.15, 0.2) is 5.03 Å². The van der Waals surface area contributed by atoms with E-state index in [9.17, 15) is 19.7 Å². The minimum atomic E-state index is -0.813. The van der Waals surface area contributed by atoms with Crippen LogP contribution >= 0.6 is 0 Å². The molecule has 230 valence electrons. The first-order chi connectivity index (χ1) is 19.3. The molecule has 2 heterocycles. The number of nitro groups is 1. The zero-order valence-electron chi connectivity index (χ0n) is 25.1. The van der Waals surface area contributed by atoms with E-state index in [4.69, 9.17) is 15.0 Å². The highest BCUT2D eigenvalue weighted by Gasteiger charge is 2.68.